The van der Waals surface area contributed by atoms with E-state index in [0.29, 0.717) is 5.89 Å². The molecule has 2 heterocycles. The van der Waals surface area contributed by atoms with Crippen LogP contribution in [-0.4, -0.2) is 31.3 Å². The molecule has 0 atom stereocenters. The molecule has 3 rings (SSSR count). The molecule has 0 aliphatic carbocycles. The fraction of sp³-hybridized carbons (Fsp3) is 0.188. The third kappa shape index (κ3) is 3.45. The van der Waals surface area contributed by atoms with Gasteiger partial charge >= 0.3 is 5.69 Å². The molecule has 3 N–H and O–H groups in total. The summed E-state index contributed by atoms with van der Waals surface area (Å²) in [4.78, 5) is 37.7. The highest BCUT2D eigenvalue weighted by molar-refractivity contribution is 7.99. The van der Waals surface area contributed by atoms with E-state index in [1.54, 1.807) is 0 Å². The number of H-pyrrole nitrogens is 1. The van der Waals surface area contributed by atoms with Gasteiger partial charge in [0.05, 0.1) is 5.75 Å². The second-order valence-electron chi connectivity index (χ2n) is 5.53. The van der Waals surface area contributed by atoms with Crippen LogP contribution in [0.4, 0.5) is 5.82 Å². The number of aromatic amines is 1. The number of carbonyl (C=O) groups excluding carboxylic acids is 1. The Morgan fingerprint density at radius 2 is 1.96 bits per heavy atom. The smallest absolute Gasteiger partial charge is 0.329 e. The highest BCUT2D eigenvalue weighted by Crippen LogP contribution is 2.24. The number of rotatable bonds is 5. The van der Waals surface area contributed by atoms with Crippen LogP contribution in [0, 0.1) is 6.92 Å². The number of ketones is 1. The molecular weight excluding hydrogens is 358 g/mol. The van der Waals surface area contributed by atoms with Gasteiger partial charge in [0.1, 0.15) is 11.4 Å². The van der Waals surface area contributed by atoms with E-state index in [1.807, 2.05) is 36.2 Å². The number of benzene rings is 1. The number of nitrogen functional groups attached to an aromatic ring is 1. The van der Waals surface area contributed by atoms with Crippen molar-refractivity contribution >= 4 is 23.4 Å². The minimum absolute atomic E-state index is 0.138. The van der Waals surface area contributed by atoms with Crippen LogP contribution in [0.1, 0.15) is 15.9 Å². The first-order valence-electron chi connectivity index (χ1n) is 7.52. The number of nitrogens with two attached hydrogens (primary N) is 1. The number of anilines is 1. The van der Waals surface area contributed by atoms with E-state index in [-0.39, 0.29) is 22.4 Å². The normalized spacial score (nSPS) is 10.8. The molecule has 0 saturated carbocycles. The Labute approximate surface area is 151 Å². The summed E-state index contributed by atoms with van der Waals surface area (Å²) in [6, 6.07) is 7.55. The van der Waals surface area contributed by atoms with Crippen molar-refractivity contribution in [1.82, 2.24) is 19.7 Å². The number of Topliss-reactive ketones (excluding diaryl/α,β-unsaturated/α-hetero) is 1. The largest absolute Gasteiger partial charge is 0.411 e. The molecule has 0 saturated heterocycles. The van der Waals surface area contributed by atoms with Crippen molar-refractivity contribution in [2.75, 3.05) is 11.5 Å². The molecule has 10 heteroatoms. The number of nitrogens with one attached hydrogen (secondary N) is 1. The average molecular weight is 373 g/mol. The number of nitrogens with zero attached hydrogens (tertiary/aromatic N) is 3. The first kappa shape index (κ1) is 17.7. The lowest BCUT2D eigenvalue weighted by Crippen LogP contribution is -2.35. The van der Waals surface area contributed by atoms with Crippen molar-refractivity contribution in [2.24, 2.45) is 7.05 Å². The zero-order valence-electron chi connectivity index (χ0n) is 14.0. The number of thioether (sulfide) groups is 1. The second kappa shape index (κ2) is 7.00. The molecule has 0 spiro atoms. The molecule has 0 fully saturated rings. The van der Waals surface area contributed by atoms with Crippen LogP contribution in [0.3, 0.4) is 0 Å². The molecule has 3 aromatic rings. The van der Waals surface area contributed by atoms with Gasteiger partial charge in [-0.1, -0.05) is 29.5 Å². The van der Waals surface area contributed by atoms with Gasteiger partial charge in [0.15, 0.2) is 5.78 Å². The van der Waals surface area contributed by atoms with Gasteiger partial charge in [0, 0.05) is 12.6 Å². The van der Waals surface area contributed by atoms with E-state index in [0.717, 1.165) is 27.5 Å². The fourth-order valence-corrected chi connectivity index (χ4v) is 2.82. The Morgan fingerprint density at radius 1 is 1.27 bits per heavy atom. The van der Waals surface area contributed by atoms with Gasteiger partial charge in [0.25, 0.3) is 10.8 Å². The van der Waals surface area contributed by atoms with Gasteiger partial charge in [-0.3, -0.25) is 19.1 Å². The molecule has 1 aromatic carbocycles. The van der Waals surface area contributed by atoms with E-state index in [9.17, 15) is 14.4 Å². The SMILES string of the molecule is Cc1ccc(-c2nnc(SCC(=O)c3c(N)n(C)c(=O)[nH]c3=O)o2)cc1. The number of carbonyl (C=O) groups is 1. The van der Waals surface area contributed by atoms with Crippen LogP contribution >= 0.6 is 11.8 Å². The highest BCUT2D eigenvalue weighted by Gasteiger charge is 2.19. The summed E-state index contributed by atoms with van der Waals surface area (Å²) >= 11 is 0.984. The van der Waals surface area contributed by atoms with Crippen LogP contribution in [-0.2, 0) is 7.05 Å². The number of hydrogen-bond donors (Lipinski definition) is 2. The molecule has 0 aliphatic rings. The van der Waals surface area contributed by atoms with E-state index in [4.69, 9.17) is 10.2 Å². The van der Waals surface area contributed by atoms with Crippen LogP contribution < -0.4 is 17.0 Å². The summed E-state index contributed by atoms with van der Waals surface area (Å²) in [5.41, 5.74) is 5.81. The number of aryl methyl sites for hydroxylation is 1. The first-order chi connectivity index (χ1) is 12.4. The van der Waals surface area contributed by atoms with Crippen LogP contribution in [0.15, 0.2) is 43.5 Å². The van der Waals surface area contributed by atoms with Crippen LogP contribution in [0.5, 0.6) is 0 Å². The van der Waals surface area contributed by atoms with Gasteiger partial charge in [-0.05, 0) is 19.1 Å². The molecular formula is C16H15N5O4S. The van der Waals surface area contributed by atoms with E-state index >= 15 is 0 Å². The molecule has 0 radical (unpaired) electrons. The lowest BCUT2D eigenvalue weighted by molar-refractivity contribution is 0.102. The molecule has 26 heavy (non-hydrogen) atoms. The maximum atomic E-state index is 12.3. The summed E-state index contributed by atoms with van der Waals surface area (Å²) in [5, 5.41) is 8.01. The molecule has 134 valence electrons. The molecule has 9 nitrogen and oxygen atoms in total. The predicted molar refractivity (Wildman–Crippen MR) is 96.2 cm³/mol. The molecule has 0 amide bonds. The van der Waals surface area contributed by atoms with Gasteiger partial charge in [-0.2, -0.15) is 0 Å². The molecule has 0 bridgehead atoms. The quantitative estimate of drug-likeness (QED) is 0.499. The zero-order valence-corrected chi connectivity index (χ0v) is 14.8. The van der Waals surface area contributed by atoms with E-state index < -0.39 is 17.0 Å². The van der Waals surface area contributed by atoms with Crippen molar-refractivity contribution < 1.29 is 9.21 Å². The minimum atomic E-state index is -0.818. The molecule has 0 unspecified atom stereocenters. The Kier molecular flexibility index (Phi) is 4.76. The Bertz CT molecular complexity index is 1080. The monoisotopic (exact) mass is 373 g/mol. The molecule has 0 aliphatic heterocycles. The van der Waals surface area contributed by atoms with E-state index in [2.05, 4.69) is 10.2 Å². The van der Waals surface area contributed by atoms with Crippen LogP contribution in [0.2, 0.25) is 0 Å². The third-order valence-corrected chi connectivity index (χ3v) is 4.50. The first-order valence-corrected chi connectivity index (χ1v) is 8.50. The highest BCUT2D eigenvalue weighted by atomic mass is 32.2. The maximum absolute atomic E-state index is 12.3. The standard InChI is InChI=1S/C16H15N5O4S/c1-8-3-5-9(6-4-8)14-19-20-16(25-14)26-7-10(22)11-12(17)21(2)15(24)18-13(11)23/h3-6H,7,17H2,1-2H3,(H,18,23,24). The summed E-state index contributed by atoms with van der Waals surface area (Å²) in [6.45, 7) is 1.97. The van der Waals surface area contributed by atoms with Crippen molar-refractivity contribution in [3.05, 3.63) is 56.2 Å². The number of aromatic nitrogens is 4. The topological polar surface area (TPSA) is 137 Å². The Hall–Kier alpha value is -3.14. The van der Waals surface area contributed by atoms with Crippen molar-refractivity contribution in [2.45, 2.75) is 12.1 Å². The molecule has 2 aromatic heterocycles. The average Bonchev–Trinajstić information content (AvgIpc) is 3.07. The van der Waals surface area contributed by atoms with Crippen molar-refractivity contribution in [3.63, 3.8) is 0 Å². The fourth-order valence-electron chi connectivity index (χ4n) is 2.19. The Balaban J connectivity index is 1.75. The summed E-state index contributed by atoms with van der Waals surface area (Å²) in [6.07, 6.45) is 0. The lowest BCUT2D eigenvalue weighted by Gasteiger charge is -2.06. The summed E-state index contributed by atoms with van der Waals surface area (Å²) in [5.74, 6) is -0.532. The Morgan fingerprint density at radius 3 is 2.65 bits per heavy atom. The van der Waals surface area contributed by atoms with Crippen molar-refractivity contribution in [1.29, 1.82) is 0 Å². The third-order valence-electron chi connectivity index (χ3n) is 3.68. The van der Waals surface area contributed by atoms with Crippen molar-refractivity contribution in [3.8, 4) is 11.5 Å². The predicted octanol–water partition coefficient (Wildman–Crippen LogP) is 0.989. The maximum Gasteiger partial charge on any atom is 0.329 e. The second-order valence-corrected chi connectivity index (χ2v) is 6.46. The van der Waals surface area contributed by atoms with Gasteiger partial charge in [-0.25, -0.2) is 4.79 Å². The minimum Gasteiger partial charge on any atom is -0.411 e. The van der Waals surface area contributed by atoms with Crippen LogP contribution in [0.25, 0.3) is 11.5 Å². The van der Waals surface area contributed by atoms with E-state index in [1.165, 1.54) is 7.05 Å². The van der Waals surface area contributed by atoms with Gasteiger partial charge < -0.3 is 10.2 Å². The summed E-state index contributed by atoms with van der Waals surface area (Å²) in [7, 11) is 1.36. The summed E-state index contributed by atoms with van der Waals surface area (Å²) < 4.78 is 6.52. The number of hydrogen-bond acceptors (Lipinski definition) is 8. The van der Waals surface area contributed by atoms with Gasteiger partial charge in [0.2, 0.25) is 5.89 Å². The zero-order chi connectivity index (χ0) is 18.8. The van der Waals surface area contributed by atoms with Gasteiger partial charge in [-0.15, -0.1) is 10.2 Å². The lowest BCUT2D eigenvalue weighted by atomic mass is 10.1.